The molecule has 104 valence electrons. The van der Waals surface area contributed by atoms with Gasteiger partial charge in [0.15, 0.2) is 0 Å². The molecule has 0 saturated heterocycles. The van der Waals surface area contributed by atoms with E-state index in [1.54, 1.807) is 12.4 Å². The van der Waals surface area contributed by atoms with E-state index in [0.717, 1.165) is 12.8 Å². The lowest BCUT2D eigenvalue weighted by molar-refractivity contribution is -0.145. The van der Waals surface area contributed by atoms with Gasteiger partial charge in [0.25, 0.3) is 5.91 Å². The van der Waals surface area contributed by atoms with Gasteiger partial charge in [-0.25, -0.2) is 4.98 Å². The molecule has 0 spiro atoms. The second-order valence-electron chi connectivity index (χ2n) is 5.28. The van der Waals surface area contributed by atoms with E-state index in [1.807, 2.05) is 6.92 Å². The molecule has 0 bridgehead atoms. The van der Waals surface area contributed by atoms with Crippen LogP contribution in [0.5, 0.6) is 0 Å². The van der Waals surface area contributed by atoms with Gasteiger partial charge in [-0.3, -0.25) is 9.59 Å². The molecule has 2 rings (SSSR count). The van der Waals surface area contributed by atoms with Gasteiger partial charge in [-0.1, -0.05) is 12.8 Å². The van der Waals surface area contributed by atoms with E-state index >= 15 is 0 Å². The molecule has 6 heteroatoms. The first-order valence-electron chi connectivity index (χ1n) is 6.39. The summed E-state index contributed by atoms with van der Waals surface area (Å²) in [4.78, 5) is 28.2. The van der Waals surface area contributed by atoms with Crippen LogP contribution in [0.15, 0.2) is 5.51 Å². The Kier molecular flexibility index (Phi) is 3.89. The van der Waals surface area contributed by atoms with Gasteiger partial charge in [0.1, 0.15) is 4.88 Å². The summed E-state index contributed by atoms with van der Waals surface area (Å²) in [6.45, 7) is 3.61. The second-order valence-corrected chi connectivity index (χ2v) is 6.13. The Hall–Kier alpha value is -1.43. The molecule has 2 N–H and O–H groups in total. The van der Waals surface area contributed by atoms with Crippen molar-refractivity contribution in [2.75, 3.05) is 0 Å². The summed E-state index contributed by atoms with van der Waals surface area (Å²) in [5, 5.41) is 12.2. The Morgan fingerprint density at radius 3 is 2.84 bits per heavy atom. The third-order valence-corrected chi connectivity index (χ3v) is 4.78. The maximum Gasteiger partial charge on any atom is 0.308 e. The molecule has 1 aromatic heterocycles. The Morgan fingerprint density at radius 1 is 1.53 bits per heavy atom. The zero-order valence-electron chi connectivity index (χ0n) is 11.1. The molecule has 2 unspecified atom stereocenters. The van der Waals surface area contributed by atoms with Gasteiger partial charge in [-0.15, -0.1) is 11.3 Å². The number of carbonyl (C=O) groups is 2. The van der Waals surface area contributed by atoms with Crippen molar-refractivity contribution >= 4 is 23.2 Å². The molecule has 1 heterocycles. The number of aryl methyl sites for hydroxylation is 1. The van der Waals surface area contributed by atoms with Crippen molar-refractivity contribution < 1.29 is 14.7 Å². The van der Waals surface area contributed by atoms with E-state index in [-0.39, 0.29) is 5.91 Å². The van der Waals surface area contributed by atoms with Crippen molar-refractivity contribution in [1.82, 2.24) is 10.3 Å². The van der Waals surface area contributed by atoms with Gasteiger partial charge in [0.2, 0.25) is 0 Å². The number of nitrogens with one attached hydrogen (secondary N) is 1. The summed E-state index contributed by atoms with van der Waals surface area (Å²) >= 11 is 1.28. The fourth-order valence-electron chi connectivity index (χ4n) is 2.72. The van der Waals surface area contributed by atoms with Crippen LogP contribution in [-0.2, 0) is 4.79 Å². The molecule has 5 nitrogen and oxygen atoms in total. The highest BCUT2D eigenvalue weighted by atomic mass is 32.1. The summed E-state index contributed by atoms with van der Waals surface area (Å²) in [5.74, 6) is -1.56. The molecule has 0 radical (unpaired) electrons. The number of hydrogen-bond acceptors (Lipinski definition) is 4. The first-order valence-corrected chi connectivity index (χ1v) is 7.27. The summed E-state index contributed by atoms with van der Waals surface area (Å²) < 4.78 is 0. The molecule has 1 aromatic rings. The molecular weight excluding hydrogens is 264 g/mol. The topological polar surface area (TPSA) is 79.3 Å². The average Bonchev–Trinajstić information content (AvgIpc) is 2.75. The van der Waals surface area contributed by atoms with Crippen molar-refractivity contribution in [3.05, 3.63) is 16.1 Å². The summed E-state index contributed by atoms with van der Waals surface area (Å²) in [6, 6.07) is 0. The van der Waals surface area contributed by atoms with E-state index < -0.39 is 17.4 Å². The largest absolute Gasteiger partial charge is 0.481 e. The number of carboxylic acids is 1. The van der Waals surface area contributed by atoms with Crippen molar-refractivity contribution in [1.29, 1.82) is 0 Å². The Morgan fingerprint density at radius 2 is 2.26 bits per heavy atom. The number of aliphatic carboxylic acids is 1. The molecule has 1 fully saturated rings. The van der Waals surface area contributed by atoms with Gasteiger partial charge in [0, 0.05) is 0 Å². The van der Waals surface area contributed by atoms with Crippen LogP contribution in [0.4, 0.5) is 0 Å². The number of rotatable bonds is 3. The van der Waals surface area contributed by atoms with Crippen LogP contribution in [0.2, 0.25) is 0 Å². The summed E-state index contributed by atoms with van der Waals surface area (Å²) in [5.41, 5.74) is 1.65. The monoisotopic (exact) mass is 282 g/mol. The van der Waals surface area contributed by atoms with E-state index in [0.29, 0.717) is 23.4 Å². The normalized spacial score (nSPS) is 26.9. The smallest absolute Gasteiger partial charge is 0.308 e. The van der Waals surface area contributed by atoms with Gasteiger partial charge in [-0.05, 0) is 26.7 Å². The van der Waals surface area contributed by atoms with Crippen LogP contribution in [0.3, 0.4) is 0 Å². The highest BCUT2D eigenvalue weighted by molar-refractivity contribution is 7.11. The van der Waals surface area contributed by atoms with E-state index in [9.17, 15) is 14.7 Å². The highest BCUT2D eigenvalue weighted by Gasteiger charge is 2.42. The molecule has 0 aromatic carbocycles. The van der Waals surface area contributed by atoms with Crippen LogP contribution in [0.25, 0.3) is 0 Å². The number of thiazole rings is 1. The van der Waals surface area contributed by atoms with E-state index in [1.165, 1.54) is 11.3 Å². The maximum absolute atomic E-state index is 12.2. The first kappa shape index (κ1) is 14.0. The van der Waals surface area contributed by atoms with Crippen LogP contribution >= 0.6 is 11.3 Å². The third-order valence-electron chi connectivity index (χ3n) is 3.86. The number of amides is 1. The Labute approximate surface area is 116 Å². The third kappa shape index (κ3) is 2.78. The van der Waals surface area contributed by atoms with Gasteiger partial charge >= 0.3 is 5.97 Å². The second kappa shape index (κ2) is 5.28. The predicted molar refractivity (Wildman–Crippen MR) is 72.3 cm³/mol. The fraction of sp³-hybridized carbons (Fsp3) is 0.615. The van der Waals surface area contributed by atoms with Crippen LogP contribution in [-0.4, -0.2) is 27.5 Å². The standard InChI is InChI=1S/C13H18N2O3S/c1-8-10(19-7-14-8)11(16)15-13(2)6-4-3-5-9(13)12(17)18/h7,9H,3-6H2,1-2H3,(H,15,16)(H,17,18). The zero-order valence-corrected chi connectivity index (χ0v) is 11.9. The van der Waals surface area contributed by atoms with Crippen molar-refractivity contribution in [3.63, 3.8) is 0 Å². The molecule has 1 saturated carbocycles. The first-order chi connectivity index (χ1) is 8.94. The van der Waals surface area contributed by atoms with E-state index in [2.05, 4.69) is 10.3 Å². The summed E-state index contributed by atoms with van der Waals surface area (Å²) in [7, 11) is 0. The SMILES string of the molecule is Cc1ncsc1C(=O)NC1(C)CCCCC1C(=O)O. The lowest BCUT2D eigenvalue weighted by atomic mass is 9.74. The minimum absolute atomic E-state index is 0.212. The average molecular weight is 282 g/mol. The molecule has 19 heavy (non-hydrogen) atoms. The molecular formula is C13H18N2O3S. The number of aromatic nitrogens is 1. The number of nitrogens with zero attached hydrogens (tertiary/aromatic N) is 1. The molecule has 2 atom stereocenters. The highest BCUT2D eigenvalue weighted by Crippen LogP contribution is 2.34. The Balaban J connectivity index is 2.17. The van der Waals surface area contributed by atoms with Gasteiger partial charge in [0.05, 0.1) is 22.7 Å². The minimum Gasteiger partial charge on any atom is -0.481 e. The number of carboxylic acid groups (broad SMARTS) is 1. The van der Waals surface area contributed by atoms with Crippen molar-refractivity contribution in [3.8, 4) is 0 Å². The lowest BCUT2D eigenvalue weighted by Crippen LogP contribution is -2.55. The maximum atomic E-state index is 12.2. The van der Waals surface area contributed by atoms with Crippen LogP contribution in [0, 0.1) is 12.8 Å². The lowest BCUT2D eigenvalue weighted by Gasteiger charge is -2.39. The number of hydrogen-bond donors (Lipinski definition) is 2. The van der Waals surface area contributed by atoms with Crippen molar-refractivity contribution in [2.45, 2.75) is 45.1 Å². The molecule has 1 amide bonds. The quantitative estimate of drug-likeness (QED) is 0.891. The van der Waals surface area contributed by atoms with Gasteiger partial charge in [-0.2, -0.15) is 0 Å². The van der Waals surface area contributed by atoms with Crippen LogP contribution in [0.1, 0.15) is 48.0 Å². The predicted octanol–water partition coefficient (Wildman–Crippen LogP) is 2.21. The Bertz CT molecular complexity index is 500. The number of carbonyl (C=O) groups excluding carboxylic acids is 1. The molecule has 0 aliphatic heterocycles. The van der Waals surface area contributed by atoms with E-state index in [4.69, 9.17) is 0 Å². The van der Waals surface area contributed by atoms with Gasteiger partial charge < -0.3 is 10.4 Å². The van der Waals surface area contributed by atoms with Crippen molar-refractivity contribution in [2.24, 2.45) is 5.92 Å². The molecule has 1 aliphatic rings. The zero-order chi connectivity index (χ0) is 14.0. The minimum atomic E-state index is -0.830. The fourth-order valence-corrected chi connectivity index (χ4v) is 3.41. The summed E-state index contributed by atoms with van der Waals surface area (Å²) in [6.07, 6.45) is 3.17. The van der Waals surface area contributed by atoms with Crippen LogP contribution < -0.4 is 5.32 Å². The molecule has 1 aliphatic carbocycles.